The van der Waals surface area contributed by atoms with Crippen LogP contribution in [0.15, 0.2) is 24.3 Å². The van der Waals surface area contributed by atoms with E-state index < -0.39 is 0 Å². The third kappa shape index (κ3) is 1.93. The topological polar surface area (TPSA) is 0 Å². The summed E-state index contributed by atoms with van der Waals surface area (Å²) >= 11 is 0. The highest BCUT2D eigenvalue weighted by Crippen LogP contribution is 2.29. The lowest BCUT2D eigenvalue weighted by molar-refractivity contribution is 0.495. The third-order valence-electron chi connectivity index (χ3n) is 2.78. The van der Waals surface area contributed by atoms with Crippen molar-refractivity contribution in [3.05, 3.63) is 41.8 Å². The van der Waals surface area contributed by atoms with Crippen molar-refractivity contribution in [2.24, 2.45) is 5.92 Å². The maximum Gasteiger partial charge on any atom is 0.0201 e. The summed E-state index contributed by atoms with van der Waals surface area (Å²) in [4.78, 5) is 0. The Morgan fingerprint density at radius 2 is 2.23 bits per heavy atom. The Balaban J connectivity index is 2.11. The van der Waals surface area contributed by atoms with Crippen LogP contribution >= 0.6 is 0 Å². The van der Waals surface area contributed by atoms with Gasteiger partial charge >= 0.3 is 0 Å². The molecule has 0 fully saturated rings. The zero-order valence-electron chi connectivity index (χ0n) is 8.22. The lowest BCUT2D eigenvalue weighted by Gasteiger charge is -2.23. The molecule has 1 unspecified atom stereocenters. The number of rotatable bonds is 2. The van der Waals surface area contributed by atoms with Crippen molar-refractivity contribution in [3.63, 3.8) is 0 Å². The standard InChI is InChI=1S/C13H16/c1-2-5-11-8-9-12-6-3-4-7-13(12)10-11/h3-4,6-7,11H,2,5,8-9H2,1H3. The molecule has 0 aliphatic heterocycles. The van der Waals surface area contributed by atoms with Crippen LogP contribution < -0.4 is 0 Å². The van der Waals surface area contributed by atoms with E-state index in [1.165, 1.54) is 36.8 Å². The van der Waals surface area contributed by atoms with Gasteiger partial charge in [-0.3, -0.25) is 0 Å². The summed E-state index contributed by atoms with van der Waals surface area (Å²) in [5.41, 5.74) is 2.84. The van der Waals surface area contributed by atoms with E-state index in [9.17, 15) is 0 Å². The first-order valence-corrected chi connectivity index (χ1v) is 5.24. The molecule has 2 radical (unpaired) electrons. The zero-order chi connectivity index (χ0) is 9.10. The van der Waals surface area contributed by atoms with E-state index in [1.54, 1.807) is 0 Å². The summed E-state index contributed by atoms with van der Waals surface area (Å²) < 4.78 is 0. The van der Waals surface area contributed by atoms with E-state index in [-0.39, 0.29) is 0 Å². The maximum absolute atomic E-state index is 3.60. The number of benzene rings is 1. The van der Waals surface area contributed by atoms with Gasteiger partial charge in [-0.2, -0.15) is 0 Å². The van der Waals surface area contributed by atoms with Crippen LogP contribution in [-0.4, -0.2) is 0 Å². The van der Waals surface area contributed by atoms with Crippen LogP contribution in [0.2, 0.25) is 0 Å². The monoisotopic (exact) mass is 172 g/mol. The number of hydrogen-bond donors (Lipinski definition) is 0. The van der Waals surface area contributed by atoms with Gasteiger partial charge in [0.05, 0.1) is 0 Å². The number of aryl methyl sites for hydroxylation is 1. The van der Waals surface area contributed by atoms with Crippen LogP contribution in [0, 0.1) is 12.3 Å². The van der Waals surface area contributed by atoms with Crippen molar-refractivity contribution in [3.8, 4) is 0 Å². The summed E-state index contributed by atoms with van der Waals surface area (Å²) in [5, 5.41) is 0. The molecule has 13 heavy (non-hydrogen) atoms. The molecule has 0 saturated carbocycles. The highest BCUT2D eigenvalue weighted by Gasteiger charge is 2.17. The van der Waals surface area contributed by atoms with Crippen molar-refractivity contribution < 1.29 is 0 Å². The highest BCUT2D eigenvalue weighted by molar-refractivity contribution is 5.35. The Bertz CT molecular complexity index is 275. The molecule has 0 bridgehead atoms. The van der Waals surface area contributed by atoms with Gasteiger partial charge in [0.25, 0.3) is 0 Å². The van der Waals surface area contributed by atoms with Crippen molar-refractivity contribution in [1.29, 1.82) is 0 Å². The van der Waals surface area contributed by atoms with Crippen LogP contribution in [-0.2, 0) is 6.42 Å². The van der Waals surface area contributed by atoms with Crippen LogP contribution in [0.25, 0.3) is 0 Å². The van der Waals surface area contributed by atoms with Crippen molar-refractivity contribution >= 4 is 0 Å². The molecule has 0 spiro atoms. The number of fused-ring (bicyclic) bond motifs is 1. The first kappa shape index (κ1) is 8.80. The molecule has 1 aliphatic rings. The summed E-state index contributed by atoms with van der Waals surface area (Å²) in [6, 6.07) is 8.66. The van der Waals surface area contributed by atoms with E-state index in [0.717, 1.165) is 0 Å². The lowest BCUT2D eigenvalue weighted by Crippen LogP contribution is -2.11. The maximum atomic E-state index is 3.60. The van der Waals surface area contributed by atoms with Gasteiger partial charge in [0.1, 0.15) is 0 Å². The van der Waals surface area contributed by atoms with Gasteiger partial charge in [0.2, 0.25) is 0 Å². The molecule has 1 aromatic rings. The molecule has 0 heterocycles. The summed E-state index contributed by atoms with van der Waals surface area (Å²) in [6.07, 6.45) is 8.72. The second-order valence-corrected chi connectivity index (χ2v) is 3.83. The molecule has 2 rings (SSSR count). The predicted octanol–water partition coefficient (Wildman–Crippen LogP) is 3.48. The van der Waals surface area contributed by atoms with Gasteiger partial charge in [-0.05, 0) is 36.3 Å². The van der Waals surface area contributed by atoms with E-state index in [2.05, 4.69) is 37.6 Å². The fraction of sp³-hybridized carbons (Fsp3) is 0.462. The second-order valence-electron chi connectivity index (χ2n) is 3.83. The molecular formula is C13H16. The minimum atomic E-state index is 0.708. The average Bonchev–Trinajstić information content (AvgIpc) is 2.18. The SMILES string of the molecule is CCCC1[C]c2ccccc2CC1. The van der Waals surface area contributed by atoms with E-state index in [0.29, 0.717) is 5.92 Å². The first-order chi connectivity index (χ1) is 6.40. The molecule has 0 heteroatoms. The molecule has 1 aliphatic carbocycles. The molecule has 0 N–H and O–H groups in total. The van der Waals surface area contributed by atoms with Gasteiger partial charge in [0.15, 0.2) is 0 Å². The Kier molecular flexibility index (Phi) is 2.68. The highest BCUT2D eigenvalue weighted by atomic mass is 14.2. The molecule has 0 nitrogen and oxygen atoms in total. The lowest BCUT2D eigenvalue weighted by atomic mass is 9.82. The molecule has 0 amide bonds. The Hall–Kier alpha value is -0.780. The van der Waals surface area contributed by atoms with Crippen molar-refractivity contribution in [1.82, 2.24) is 0 Å². The molecule has 68 valence electrons. The first-order valence-electron chi connectivity index (χ1n) is 5.24. The molecular weight excluding hydrogens is 156 g/mol. The Morgan fingerprint density at radius 3 is 3.08 bits per heavy atom. The van der Waals surface area contributed by atoms with E-state index in [4.69, 9.17) is 0 Å². The van der Waals surface area contributed by atoms with E-state index >= 15 is 0 Å². The largest absolute Gasteiger partial charge is 0.0654 e. The number of hydrogen-bond acceptors (Lipinski definition) is 0. The molecule has 0 saturated heterocycles. The van der Waals surface area contributed by atoms with Gasteiger partial charge in [-0.25, -0.2) is 0 Å². The Morgan fingerprint density at radius 1 is 1.38 bits per heavy atom. The summed E-state index contributed by atoms with van der Waals surface area (Å²) in [6.45, 7) is 2.25. The van der Waals surface area contributed by atoms with Crippen LogP contribution in [0.4, 0.5) is 0 Å². The minimum absolute atomic E-state index is 0.708. The zero-order valence-corrected chi connectivity index (χ0v) is 8.22. The smallest absolute Gasteiger partial charge is 0.0201 e. The summed E-state index contributed by atoms with van der Waals surface area (Å²) in [7, 11) is 0. The molecule has 0 aromatic heterocycles. The predicted molar refractivity (Wildman–Crippen MR) is 55.5 cm³/mol. The van der Waals surface area contributed by atoms with Gasteiger partial charge < -0.3 is 0 Å². The second kappa shape index (κ2) is 3.95. The average molecular weight is 172 g/mol. The van der Waals surface area contributed by atoms with Crippen molar-refractivity contribution in [2.45, 2.75) is 32.6 Å². The fourth-order valence-corrected chi connectivity index (χ4v) is 2.07. The van der Waals surface area contributed by atoms with Gasteiger partial charge in [-0.1, -0.05) is 37.6 Å². The van der Waals surface area contributed by atoms with Crippen LogP contribution in [0.5, 0.6) is 0 Å². The Labute approximate surface area is 81.0 Å². The summed E-state index contributed by atoms with van der Waals surface area (Å²) in [5.74, 6) is 0.708. The molecule has 1 aromatic carbocycles. The van der Waals surface area contributed by atoms with E-state index in [1.807, 2.05) is 0 Å². The van der Waals surface area contributed by atoms with Gasteiger partial charge in [0, 0.05) is 6.42 Å². The van der Waals surface area contributed by atoms with Crippen LogP contribution in [0.3, 0.4) is 0 Å². The normalized spacial score (nSPS) is 21.2. The van der Waals surface area contributed by atoms with Gasteiger partial charge in [-0.15, -0.1) is 0 Å². The minimum Gasteiger partial charge on any atom is -0.0654 e. The van der Waals surface area contributed by atoms with Crippen LogP contribution in [0.1, 0.15) is 37.3 Å². The fourth-order valence-electron chi connectivity index (χ4n) is 2.07. The third-order valence-corrected chi connectivity index (χ3v) is 2.78. The quantitative estimate of drug-likeness (QED) is 0.640. The molecule has 1 atom stereocenters. The van der Waals surface area contributed by atoms with Crippen molar-refractivity contribution in [2.75, 3.05) is 0 Å².